The van der Waals surface area contributed by atoms with E-state index in [0.717, 1.165) is 6.92 Å². The molecule has 18 heteroatoms. The van der Waals surface area contributed by atoms with Crippen molar-refractivity contribution in [3.05, 3.63) is 21.9 Å². The van der Waals surface area contributed by atoms with Crippen LogP contribution >= 0.6 is 11.3 Å². The Kier molecular flexibility index (Phi) is 6.70. The minimum absolute atomic E-state index is 0.457. The molecule has 32 heavy (non-hydrogen) atoms. The van der Waals surface area contributed by atoms with Crippen LogP contribution in [0.1, 0.15) is 17.4 Å². The van der Waals surface area contributed by atoms with Gasteiger partial charge in [0.2, 0.25) is 0 Å². The second-order valence-corrected chi connectivity index (χ2v) is 7.06. The predicted molar refractivity (Wildman–Crippen MR) is 73.3 cm³/mol. The molecule has 1 aromatic rings. The average Bonchev–Trinajstić information content (AvgIpc) is 3.09. The average molecular weight is 530 g/mol. The van der Waals surface area contributed by atoms with E-state index in [9.17, 15) is 74.6 Å². The highest BCUT2D eigenvalue weighted by molar-refractivity contribution is 7.10. The molecule has 0 fully saturated rings. The van der Waals surface area contributed by atoms with Gasteiger partial charge in [0.05, 0.1) is 4.88 Å². The molecule has 0 radical (unpaired) electrons. The van der Waals surface area contributed by atoms with Gasteiger partial charge in [-0.15, -0.1) is 11.3 Å². The van der Waals surface area contributed by atoms with Crippen molar-refractivity contribution in [3.63, 3.8) is 0 Å². The molecule has 0 aliphatic carbocycles. The lowest BCUT2D eigenvalue weighted by molar-refractivity contribution is -0.462. The summed E-state index contributed by atoms with van der Waals surface area (Å²) in [6.45, 7) is 0.973. The van der Waals surface area contributed by atoms with Crippen molar-refractivity contribution in [1.29, 1.82) is 0 Å². The molecular formula is C14H7F17S. The van der Waals surface area contributed by atoms with Crippen LogP contribution in [0.25, 0.3) is 0 Å². The topological polar surface area (TPSA) is 0 Å². The highest BCUT2D eigenvalue weighted by Gasteiger charge is 2.95. The van der Waals surface area contributed by atoms with E-state index < -0.39 is 75.8 Å². The quantitative estimate of drug-likeness (QED) is 0.302. The van der Waals surface area contributed by atoms with Crippen LogP contribution in [0.2, 0.25) is 0 Å². The van der Waals surface area contributed by atoms with Crippen molar-refractivity contribution < 1.29 is 74.6 Å². The normalized spacial score (nSPS) is 15.9. The Balaban J connectivity index is 3.72. The van der Waals surface area contributed by atoms with Crippen molar-refractivity contribution in [2.75, 3.05) is 0 Å². The van der Waals surface area contributed by atoms with Gasteiger partial charge in [0.1, 0.15) is 0 Å². The summed E-state index contributed by atoms with van der Waals surface area (Å²) in [4.78, 5) is -2.09. The molecule has 0 nitrogen and oxygen atoms in total. The monoisotopic (exact) mass is 530 g/mol. The predicted octanol–water partition coefficient (Wildman–Crippen LogP) is 7.78. The van der Waals surface area contributed by atoms with E-state index in [1.807, 2.05) is 0 Å². The molecule has 0 atom stereocenters. The molecular weight excluding hydrogens is 523 g/mol. The SMILES string of the molecule is CCc1ccsc1C(F)(F)C(F)(F)C(F)(F)C(F)(F)C(F)(F)C(F)(F)C(F)(F)C(F)(F)F. The number of alkyl halides is 17. The van der Waals surface area contributed by atoms with Crippen molar-refractivity contribution >= 4 is 11.3 Å². The highest BCUT2D eigenvalue weighted by atomic mass is 32.1. The van der Waals surface area contributed by atoms with Crippen molar-refractivity contribution in [2.24, 2.45) is 0 Å². The fourth-order valence-electron chi connectivity index (χ4n) is 2.20. The van der Waals surface area contributed by atoms with E-state index in [-0.39, 0.29) is 0 Å². The first-order chi connectivity index (χ1) is 13.8. The van der Waals surface area contributed by atoms with Crippen LogP contribution in [0, 0.1) is 0 Å². The van der Waals surface area contributed by atoms with Gasteiger partial charge in [0.15, 0.2) is 0 Å². The Bertz CT molecular complexity index is 815. The Morgan fingerprint density at radius 2 is 0.906 bits per heavy atom. The van der Waals surface area contributed by atoms with Gasteiger partial charge in [-0.3, -0.25) is 0 Å². The van der Waals surface area contributed by atoms with E-state index in [0.29, 0.717) is 11.4 Å². The molecule has 0 amide bonds. The molecule has 0 saturated heterocycles. The minimum atomic E-state index is -8.61. The van der Waals surface area contributed by atoms with Crippen molar-refractivity contribution in [3.8, 4) is 0 Å². The maximum atomic E-state index is 14.0. The highest BCUT2D eigenvalue weighted by Crippen LogP contribution is 2.65. The second kappa shape index (κ2) is 7.51. The summed E-state index contributed by atoms with van der Waals surface area (Å²) in [5.41, 5.74) is -0.889. The van der Waals surface area contributed by atoms with E-state index in [1.165, 1.54) is 0 Å². The zero-order valence-corrected chi connectivity index (χ0v) is 15.5. The van der Waals surface area contributed by atoms with Crippen LogP contribution in [-0.4, -0.2) is 41.7 Å². The van der Waals surface area contributed by atoms with Crippen LogP contribution in [0.15, 0.2) is 11.4 Å². The van der Waals surface area contributed by atoms with E-state index in [1.54, 1.807) is 0 Å². The molecule has 0 aliphatic heterocycles. The lowest BCUT2D eigenvalue weighted by Gasteiger charge is -2.42. The van der Waals surface area contributed by atoms with Gasteiger partial charge in [-0.2, -0.15) is 74.6 Å². The van der Waals surface area contributed by atoms with Gasteiger partial charge in [-0.05, 0) is 23.4 Å². The van der Waals surface area contributed by atoms with Gasteiger partial charge < -0.3 is 0 Å². The lowest BCUT2D eigenvalue weighted by Crippen LogP contribution is -2.74. The molecule has 0 aromatic carbocycles. The second-order valence-electron chi connectivity index (χ2n) is 6.15. The molecule has 0 saturated carbocycles. The maximum Gasteiger partial charge on any atom is 0.460 e. The largest absolute Gasteiger partial charge is 0.460 e. The zero-order valence-electron chi connectivity index (χ0n) is 14.7. The van der Waals surface area contributed by atoms with Crippen LogP contribution in [0.5, 0.6) is 0 Å². The maximum absolute atomic E-state index is 14.0. The summed E-state index contributed by atoms with van der Waals surface area (Å²) in [5, 5.41) is 0.557. The minimum Gasteiger partial charge on any atom is -0.193 e. The molecule has 0 N–H and O–H groups in total. The summed E-state index contributed by atoms with van der Waals surface area (Å²) in [6.07, 6.45) is -8.39. The molecule has 1 aromatic heterocycles. The third-order valence-corrected chi connectivity index (χ3v) is 5.16. The van der Waals surface area contributed by atoms with Crippen molar-refractivity contribution in [1.82, 2.24) is 0 Å². The van der Waals surface area contributed by atoms with Crippen LogP contribution < -0.4 is 0 Å². The van der Waals surface area contributed by atoms with Gasteiger partial charge in [-0.25, -0.2) is 0 Å². The van der Waals surface area contributed by atoms with Gasteiger partial charge >= 0.3 is 47.6 Å². The number of hydrogen-bond acceptors (Lipinski definition) is 1. The van der Waals surface area contributed by atoms with E-state index in [2.05, 4.69) is 0 Å². The first-order valence-electron chi connectivity index (χ1n) is 7.59. The van der Waals surface area contributed by atoms with Crippen LogP contribution in [-0.2, 0) is 12.3 Å². The van der Waals surface area contributed by atoms with E-state index >= 15 is 0 Å². The standard InChI is InChI=1S/C14H7F17S/c1-2-5-3-4-32-6(5)7(15,16)8(17,18)9(19,20)10(21,22)11(23,24)12(25,26)13(27,28)14(29,30)31/h3-4H,2H2,1H3. The van der Waals surface area contributed by atoms with Gasteiger partial charge in [0, 0.05) is 0 Å². The smallest absolute Gasteiger partial charge is 0.193 e. The summed E-state index contributed by atoms with van der Waals surface area (Å²) < 4.78 is 225. The molecule has 0 aliphatic rings. The number of halogens is 17. The third kappa shape index (κ3) is 3.41. The van der Waals surface area contributed by atoms with Gasteiger partial charge in [0.25, 0.3) is 0 Å². The number of aryl methyl sites for hydroxylation is 1. The summed E-state index contributed by atoms with van der Waals surface area (Å²) in [6, 6.07) is 0.604. The summed E-state index contributed by atoms with van der Waals surface area (Å²) in [5.74, 6) is -56.2. The zero-order chi connectivity index (χ0) is 26.0. The molecule has 0 unspecified atom stereocenters. The fraction of sp³-hybridized carbons (Fsp3) is 0.714. The molecule has 1 rings (SSSR count). The lowest BCUT2D eigenvalue weighted by atomic mass is 9.88. The molecule has 1 heterocycles. The summed E-state index contributed by atoms with van der Waals surface area (Å²) in [7, 11) is 0. The summed E-state index contributed by atoms with van der Waals surface area (Å²) >= 11 is -0.457. The fourth-order valence-corrected chi connectivity index (χ4v) is 3.20. The Morgan fingerprint density at radius 3 is 1.25 bits per heavy atom. The molecule has 188 valence electrons. The number of hydrogen-bond donors (Lipinski definition) is 0. The van der Waals surface area contributed by atoms with Crippen LogP contribution in [0.4, 0.5) is 74.6 Å². The van der Waals surface area contributed by atoms with Crippen LogP contribution in [0.3, 0.4) is 0 Å². The number of rotatable bonds is 8. The molecule has 0 bridgehead atoms. The first-order valence-corrected chi connectivity index (χ1v) is 8.46. The Morgan fingerprint density at radius 1 is 0.562 bits per heavy atom. The first kappa shape index (κ1) is 28.5. The number of thiophene rings is 1. The van der Waals surface area contributed by atoms with Gasteiger partial charge in [-0.1, -0.05) is 6.92 Å². The Labute approximate surface area is 170 Å². The van der Waals surface area contributed by atoms with Crippen molar-refractivity contribution in [2.45, 2.75) is 61.0 Å². The van der Waals surface area contributed by atoms with E-state index in [4.69, 9.17) is 0 Å². The molecule has 0 spiro atoms. The third-order valence-electron chi connectivity index (χ3n) is 4.13. The Hall–Kier alpha value is -1.49.